The fraction of sp³-hybridized carbons (Fsp3) is 0.286. The Morgan fingerprint density at radius 1 is 1.04 bits per heavy atom. The summed E-state index contributed by atoms with van der Waals surface area (Å²) in [5, 5.41) is 3.19. The minimum atomic E-state index is -0.911. The molecule has 0 saturated heterocycles. The van der Waals surface area contributed by atoms with Crippen LogP contribution in [-0.2, 0) is 4.79 Å². The van der Waals surface area contributed by atoms with E-state index in [1.54, 1.807) is 12.1 Å². The number of rotatable bonds is 6. The highest BCUT2D eigenvalue weighted by molar-refractivity contribution is 6.43. The van der Waals surface area contributed by atoms with E-state index >= 15 is 0 Å². The van der Waals surface area contributed by atoms with E-state index in [1.165, 1.54) is 12.1 Å². The van der Waals surface area contributed by atoms with Gasteiger partial charge in [-0.3, -0.25) is 19.3 Å². The van der Waals surface area contributed by atoms with Gasteiger partial charge in [-0.25, -0.2) is 0 Å². The van der Waals surface area contributed by atoms with Crippen LogP contribution in [-0.4, -0.2) is 28.7 Å². The Morgan fingerprint density at radius 2 is 1.57 bits per heavy atom. The van der Waals surface area contributed by atoms with Gasteiger partial charge in [-0.2, -0.15) is 0 Å². The standard InChI is InChI=1S/C21H20Cl2N2O3/c1-3-4-5-18(19(26)24-13-8-6-12(2)7-9-13)25-20(27)14-10-16(22)17(23)11-15(14)21(25)28/h6-11,18H,3-5H2,1-2H3,(H,24,26)/t18-/m1/s1. The Kier molecular flexibility index (Phi) is 6.06. The summed E-state index contributed by atoms with van der Waals surface area (Å²) < 4.78 is 0. The molecule has 1 aliphatic heterocycles. The molecular weight excluding hydrogens is 399 g/mol. The van der Waals surface area contributed by atoms with E-state index in [0.29, 0.717) is 18.5 Å². The van der Waals surface area contributed by atoms with Crippen LogP contribution in [0.3, 0.4) is 0 Å². The van der Waals surface area contributed by atoms with Crippen molar-refractivity contribution in [1.82, 2.24) is 4.90 Å². The van der Waals surface area contributed by atoms with Gasteiger partial charge in [0.15, 0.2) is 0 Å². The molecule has 1 aliphatic rings. The number of nitrogens with zero attached hydrogens (tertiary/aromatic N) is 1. The van der Waals surface area contributed by atoms with Crippen LogP contribution in [0, 0.1) is 6.92 Å². The minimum absolute atomic E-state index is 0.170. The van der Waals surface area contributed by atoms with Crippen molar-refractivity contribution in [3.05, 3.63) is 63.1 Å². The first-order valence-electron chi connectivity index (χ1n) is 9.08. The molecule has 3 rings (SSSR count). The molecule has 146 valence electrons. The zero-order valence-corrected chi connectivity index (χ0v) is 17.1. The molecule has 0 aromatic heterocycles. The molecule has 1 atom stereocenters. The molecule has 0 aliphatic carbocycles. The molecule has 1 N–H and O–H groups in total. The number of fused-ring (bicyclic) bond motifs is 1. The van der Waals surface area contributed by atoms with Gasteiger partial charge in [0.05, 0.1) is 21.2 Å². The number of carbonyl (C=O) groups is 3. The average molecular weight is 419 g/mol. The number of hydrogen-bond donors (Lipinski definition) is 1. The Bertz CT molecular complexity index is 900. The van der Waals surface area contributed by atoms with Gasteiger partial charge in [0.1, 0.15) is 6.04 Å². The van der Waals surface area contributed by atoms with E-state index in [0.717, 1.165) is 16.9 Å². The van der Waals surface area contributed by atoms with Crippen molar-refractivity contribution < 1.29 is 14.4 Å². The average Bonchev–Trinajstić information content (AvgIpc) is 2.89. The van der Waals surface area contributed by atoms with Gasteiger partial charge in [0.2, 0.25) is 5.91 Å². The Hall–Kier alpha value is -2.37. The number of unbranched alkanes of at least 4 members (excludes halogenated alkanes) is 1. The molecule has 0 fully saturated rings. The lowest BCUT2D eigenvalue weighted by atomic mass is 10.1. The van der Waals surface area contributed by atoms with E-state index in [9.17, 15) is 14.4 Å². The predicted molar refractivity (Wildman–Crippen MR) is 110 cm³/mol. The Labute approximate surface area is 173 Å². The highest BCUT2D eigenvalue weighted by atomic mass is 35.5. The van der Waals surface area contributed by atoms with Crippen molar-refractivity contribution in [2.24, 2.45) is 0 Å². The molecule has 3 amide bonds. The third kappa shape index (κ3) is 3.91. The number of nitrogens with one attached hydrogen (secondary N) is 1. The van der Waals surface area contributed by atoms with Gasteiger partial charge < -0.3 is 5.32 Å². The summed E-state index contributed by atoms with van der Waals surface area (Å²) in [6, 6.07) is 9.18. The number of aryl methyl sites for hydroxylation is 1. The summed E-state index contributed by atoms with van der Waals surface area (Å²) in [6.45, 7) is 3.93. The highest BCUT2D eigenvalue weighted by Crippen LogP contribution is 2.33. The normalized spacial score (nSPS) is 14.2. The molecule has 2 aromatic rings. The second-order valence-electron chi connectivity index (χ2n) is 6.81. The van der Waals surface area contributed by atoms with Crippen LogP contribution in [0.1, 0.15) is 52.5 Å². The zero-order valence-electron chi connectivity index (χ0n) is 15.6. The SMILES string of the molecule is CCCC[C@H](C(=O)Nc1ccc(C)cc1)N1C(=O)c2cc(Cl)c(Cl)cc2C1=O. The predicted octanol–water partition coefficient (Wildman–Crippen LogP) is 5.10. The summed E-state index contributed by atoms with van der Waals surface area (Å²) >= 11 is 12.0. The summed E-state index contributed by atoms with van der Waals surface area (Å²) in [4.78, 5) is 39.8. The molecule has 28 heavy (non-hydrogen) atoms. The van der Waals surface area contributed by atoms with Crippen LogP contribution in [0.15, 0.2) is 36.4 Å². The molecule has 5 nitrogen and oxygen atoms in total. The van der Waals surface area contributed by atoms with Crippen molar-refractivity contribution >= 4 is 46.6 Å². The lowest BCUT2D eigenvalue weighted by Crippen LogP contribution is -2.47. The van der Waals surface area contributed by atoms with Crippen LogP contribution in [0.5, 0.6) is 0 Å². The van der Waals surface area contributed by atoms with E-state index in [2.05, 4.69) is 5.32 Å². The number of anilines is 1. The molecule has 0 bridgehead atoms. The van der Waals surface area contributed by atoms with Gasteiger partial charge in [-0.05, 0) is 37.6 Å². The number of amides is 3. The topological polar surface area (TPSA) is 66.5 Å². The second-order valence-corrected chi connectivity index (χ2v) is 7.62. The summed E-state index contributed by atoms with van der Waals surface area (Å²) in [6.07, 6.45) is 1.90. The quantitative estimate of drug-likeness (QED) is 0.663. The van der Waals surface area contributed by atoms with Crippen LogP contribution in [0.25, 0.3) is 0 Å². The minimum Gasteiger partial charge on any atom is -0.324 e. The van der Waals surface area contributed by atoms with Gasteiger partial charge in [0.25, 0.3) is 11.8 Å². The van der Waals surface area contributed by atoms with E-state index in [1.807, 2.05) is 26.0 Å². The molecule has 0 radical (unpaired) electrons. The third-order valence-electron chi connectivity index (χ3n) is 4.72. The Balaban J connectivity index is 1.91. The van der Waals surface area contributed by atoms with E-state index < -0.39 is 23.8 Å². The van der Waals surface area contributed by atoms with Gasteiger partial charge in [0, 0.05) is 5.69 Å². The molecule has 0 saturated carbocycles. The maximum atomic E-state index is 13.0. The summed E-state index contributed by atoms with van der Waals surface area (Å²) in [5.74, 6) is -1.46. The number of benzene rings is 2. The fourth-order valence-corrected chi connectivity index (χ4v) is 3.50. The fourth-order valence-electron chi connectivity index (χ4n) is 3.17. The lowest BCUT2D eigenvalue weighted by molar-refractivity contribution is -0.120. The third-order valence-corrected chi connectivity index (χ3v) is 5.45. The van der Waals surface area contributed by atoms with Gasteiger partial charge in [-0.1, -0.05) is 60.7 Å². The van der Waals surface area contributed by atoms with Crippen LogP contribution < -0.4 is 5.32 Å². The maximum Gasteiger partial charge on any atom is 0.262 e. The number of imide groups is 1. The lowest BCUT2D eigenvalue weighted by Gasteiger charge is -2.25. The first-order chi connectivity index (χ1) is 13.3. The number of halogens is 2. The first-order valence-corrected chi connectivity index (χ1v) is 9.83. The van der Waals surface area contributed by atoms with Crippen molar-refractivity contribution in [2.45, 2.75) is 39.2 Å². The van der Waals surface area contributed by atoms with E-state index in [4.69, 9.17) is 23.2 Å². The number of hydrogen-bond acceptors (Lipinski definition) is 3. The first kappa shape index (κ1) is 20.4. The highest BCUT2D eigenvalue weighted by Gasteiger charge is 2.43. The Morgan fingerprint density at radius 3 is 2.07 bits per heavy atom. The smallest absolute Gasteiger partial charge is 0.262 e. The van der Waals surface area contributed by atoms with Gasteiger partial charge >= 0.3 is 0 Å². The maximum absolute atomic E-state index is 13.0. The van der Waals surface area contributed by atoms with Crippen molar-refractivity contribution in [3.8, 4) is 0 Å². The van der Waals surface area contributed by atoms with Gasteiger partial charge in [-0.15, -0.1) is 0 Å². The summed E-state index contributed by atoms with van der Waals surface area (Å²) in [5.41, 5.74) is 2.02. The second kappa shape index (κ2) is 8.33. The summed E-state index contributed by atoms with van der Waals surface area (Å²) in [7, 11) is 0. The largest absolute Gasteiger partial charge is 0.324 e. The molecular formula is C21H20Cl2N2O3. The van der Waals surface area contributed by atoms with Crippen LogP contribution in [0.4, 0.5) is 5.69 Å². The van der Waals surface area contributed by atoms with E-state index in [-0.39, 0.29) is 21.2 Å². The monoisotopic (exact) mass is 418 g/mol. The van der Waals surface area contributed by atoms with Crippen molar-refractivity contribution in [2.75, 3.05) is 5.32 Å². The molecule has 1 heterocycles. The van der Waals surface area contributed by atoms with Crippen LogP contribution >= 0.6 is 23.2 Å². The molecule has 0 spiro atoms. The zero-order chi connectivity index (χ0) is 20.4. The molecule has 2 aromatic carbocycles. The number of carbonyl (C=O) groups excluding carboxylic acids is 3. The molecule has 0 unspecified atom stereocenters. The van der Waals surface area contributed by atoms with Crippen molar-refractivity contribution in [1.29, 1.82) is 0 Å². The molecule has 7 heteroatoms. The van der Waals surface area contributed by atoms with Crippen LogP contribution in [0.2, 0.25) is 10.0 Å². The van der Waals surface area contributed by atoms with Crippen molar-refractivity contribution in [3.63, 3.8) is 0 Å².